The number of nitrogens with zero attached hydrogens (tertiary/aromatic N) is 1. The smallest absolute Gasteiger partial charge is 0.542 e. The predicted octanol–water partition coefficient (Wildman–Crippen LogP) is -0.946. The Morgan fingerprint density at radius 2 is 1.23 bits per heavy atom. The molecule has 0 unspecified atom stereocenters. The normalized spacial score (nSPS) is 7.92. The maximum absolute atomic E-state index is 10.5. The summed E-state index contributed by atoms with van der Waals surface area (Å²) in [6.07, 6.45) is -5.19. The first-order valence-corrected chi connectivity index (χ1v) is 1.77. The topological polar surface area (TPSA) is 106 Å². The van der Waals surface area contributed by atoms with E-state index in [-0.39, 0.29) is 44.8 Å². The zero-order chi connectivity index (χ0) is 9.65. The van der Waals surface area contributed by atoms with E-state index in [0.29, 0.717) is 0 Å². The molecule has 0 aromatic carbocycles. The molecule has 0 aliphatic rings. The van der Waals surface area contributed by atoms with Crippen LogP contribution in [0.2, 0.25) is 0 Å². The number of hydrogen-bond donors (Lipinski definition) is 0. The second kappa shape index (κ2) is 10.0. The van der Waals surface area contributed by atoms with Crippen molar-refractivity contribution >= 4 is 5.97 Å². The Labute approximate surface area is 100 Å². The average molecular weight is 391 g/mol. The van der Waals surface area contributed by atoms with E-state index in [1.54, 1.807) is 0 Å². The second-order valence-electron chi connectivity index (χ2n) is 1.01. The molecule has 0 radical (unpaired) electrons. The van der Waals surface area contributed by atoms with Crippen LogP contribution >= 0.6 is 0 Å². The standard InChI is InChI=1S/C2HF3O2.2Ag.NO3/c3-2(4,5)1(6)7;;;2-1(3)4/h(H,6,7);;;/q;2*+1;-1/p-1. The van der Waals surface area contributed by atoms with E-state index in [1.165, 1.54) is 0 Å². The van der Waals surface area contributed by atoms with E-state index < -0.39 is 17.2 Å². The number of aliphatic carboxylic acids is 1. The van der Waals surface area contributed by atoms with Gasteiger partial charge in [-0.05, 0) is 0 Å². The third kappa shape index (κ3) is 33.4. The van der Waals surface area contributed by atoms with Crippen molar-refractivity contribution in [3.63, 3.8) is 0 Å². The predicted molar refractivity (Wildman–Crippen MR) is 21.4 cm³/mol. The van der Waals surface area contributed by atoms with Crippen LogP contribution in [-0.2, 0) is 49.6 Å². The Bertz CT molecular complexity index is 156. The molecule has 0 aromatic heterocycles. The second-order valence-corrected chi connectivity index (χ2v) is 1.01. The molecule has 0 rings (SSSR count). The summed E-state index contributed by atoms with van der Waals surface area (Å²) in [6, 6.07) is 0. The fraction of sp³-hybridized carbons (Fsp3) is 0.500. The molecule has 0 atom stereocenters. The van der Waals surface area contributed by atoms with E-state index in [9.17, 15) is 13.2 Å². The fourth-order valence-corrected chi connectivity index (χ4v) is 0. The largest absolute Gasteiger partial charge is 1.00 e. The van der Waals surface area contributed by atoms with Gasteiger partial charge in [-0.15, -0.1) is 0 Å². The third-order valence-corrected chi connectivity index (χ3v) is 0.231. The van der Waals surface area contributed by atoms with Crippen LogP contribution in [-0.4, -0.2) is 17.2 Å². The molecular formula is C2Ag2F3NO5. The minimum absolute atomic E-state index is 0. The van der Waals surface area contributed by atoms with Gasteiger partial charge in [0.05, 0.1) is 5.09 Å². The van der Waals surface area contributed by atoms with Gasteiger partial charge in [0.25, 0.3) is 0 Å². The number of carboxylic acids is 1. The van der Waals surface area contributed by atoms with Crippen LogP contribution in [0.1, 0.15) is 0 Å². The molecule has 0 bridgehead atoms. The molecule has 0 fully saturated rings. The van der Waals surface area contributed by atoms with E-state index in [4.69, 9.17) is 25.2 Å². The van der Waals surface area contributed by atoms with Crippen molar-refractivity contribution in [1.82, 2.24) is 0 Å². The van der Waals surface area contributed by atoms with Gasteiger partial charge in [-0.25, -0.2) is 0 Å². The third-order valence-electron chi connectivity index (χ3n) is 0.231. The Morgan fingerprint density at radius 1 is 1.15 bits per heavy atom. The number of hydrogen-bond acceptors (Lipinski definition) is 5. The minimum Gasteiger partial charge on any atom is -0.542 e. The van der Waals surface area contributed by atoms with Gasteiger partial charge in [-0.2, -0.15) is 13.2 Å². The van der Waals surface area contributed by atoms with Crippen molar-refractivity contribution in [2.75, 3.05) is 0 Å². The number of carbonyl (C=O) groups is 1. The van der Waals surface area contributed by atoms with Gasteiger partial charge < -0.3 is 25.2 Å². The summed E-state index contributed by atoms with van der Waals surface area (Å²) in [5, 5.41) is 23.5. The van der Waals surface area contributed by atoms with Crippen LogP contribution in [0, 0.1) is 15.3 Å². The Morgan fingerprint density at radius 3 is 1.23 bits per heavy atom. The molecule has 86 valence electrons. The molecule has 6 nitrogen and oxygen atoms in total. The van der Waals surface area contributed by atoms with Gasteiger partial charge in [-0.3, -0.25) is 0 Å². The monoisotopic (exact) mass is 389 g/mol. The van der Waals surface area contributed by atoms with Crippen LogP contribution in [0.5, 0.6) is 0 Å². The molecule has 0 aliphatic carbocycles. The maximum Gasteiger partial charge on any atom is 1.00 e. The molecular weight excluding hydrogens is 391 g/mol. The SMILES string of the molecule is O=C([O-])C(F)(F)F.O=[N+]([O-])[O-].[Ag+].[Ag+]. The van der Waals surface area contributed by atoms with Crippen molar-refractivity contribution in [3.05, 3.63) is 15.3 Å². The summed E-state index contributed by atoms with van der Waals surface area (Å²) >= 11 is 0. The molecule has 0 heterocycles. The molecule has 0 aromatic rings. The quantitative estimate of drug-likeness (QED) is 0.301. The van der Waals surface area contributed by atoms with Crippen molar-refractivity contribution in [3.8, 4) is 0 Å². The summed E-state index contributed by atoms with van der Waals surface area (Å²) in [7, 11) is 0. The number of carbonyl (C=O) groups excluding carboxylic acids is 1. The molecule has 0 aliphatic heterocycles. The first-order valence-electron chi connectivity index (χ1n) is 1.77. The number of alkyl halides is 3. The first-order chi connectivity index (χ1) is 4.68. The van der Waals surface area contributed by atoms with Crippen molar-refractivity contribution in [2.24, 2.45) is 0 Å². The van der Waals surface area contributed by atoms with Crippen LogP contribution in [0.3, 0.4) is 0 Å². The van der Waals surface area contributed by atoms with Gasteiger partial charge >= 0.3 is 50.9 Å². The molecule has 13 heavy (non-hydrogen) atoms. The summed E-state index contributed by atoms with van der Waals surface area (Å²) < 4.78 is 31.5. The summed E-state index contributed by atoms with van der Waals surface area (Å²) in [4.78, 5) is 17.0. The first kappa shape index (κ1) is 23.1. The average Bonchev–Trinajstić information content (AvgIpc) is 1.59. The van der Waals surface area contributed by atoms with Gasteiger partial charge in [0, 0.05) is 0 Å². The Hall–Kier alpha value is -0.0595. The minimum atomic E-state index is -5.19. The summed E-state index contributed by atoms with van der Waals surface area (Å²) in [5.74, 6) is -3.01. The van der Waals surface area contributed by atoms with Crippen LogP contribution in [0.4, 0.5) is 13.2 Å². The summed E-state index contributed by atoms with van der Waals surface area (Å²) in [6.45, 7) is 0. The van der Waals surface area contributed by atoms with Gasteiger partial charge in [0.15, 0.2) is 0 Å². The Kier molecular flexibility index (Phi) is 17.8. The fourth-order valence-electron chi connectivity index (χ4n) is 0. The van der Waals surface area contributed by atoms with Gasteiger partial charge in [0.1, 0.15) is 5.97 Å². The molecule has 0 spiro atoms. The van der Waals surface area contributed by atoms with Crippen molar-refractivity contribution in [1.29, 1.82) is 0 Å². The zero-order valence-electron chi connectivity index (χ0n) is 5.23. The molecule has 0 N–H and O–H groups in total. The van der Waals surface area contributed by atoms with Gasteiger partial charge in [0.2, 0.25) is 0 Å². The molecule has 0 saturated heterocycles. The van der Waals surface area contributed by atoms with E-state index in [2.05, 4.69) is 0 Å². The van der Waals surface area contributed by atoms with E-state index in [1.807, 2.05) is 0 Å². The van der Waals surface area contributed by atoms with E-state index in [0.717, 1.165) is 0 Å². The maximum atomic E-state index is 10.5. The van der Waals surface area contributed by atoms with Crippen LogP contribution in [0.15, 0.2) is 0 Å². The molecule has 0 saturated carbocycles. The van der Waals surface area contributed by atoms with E-state index >= 15 is 0 Å². The van der Waals surface area contributed by atoms with Crippen LogP contribution < -0.4 is 5.11 Å². The molecule has 0 amide bonds. The molecule has 11 heteroatoms. The van der Waals surface area contributed by atoms with Crippen molar-refractivity contribution in [2.45, 2.75) is 6.18 Å². The number of rotatable bonds is 0. The van der Waals surface area contributed by atoms with Crippen molar-refractivity contribution < 1.29 is 72.9 Å². The zero-order valence-corrected chi connectivity index (χ0v) is 8.19. The summed E-state index contributed by atoms with van der Waals surface area (Å²) in [5.41, 5.74) is 0. The number of halogens is 3. The Balaban J connectivity index is -0.0000000600. The number of carboxylic acid groups (broad SMARTS) is 1. The van der Waals surface area contributed by atoms with Crippen LogP contribution in [0.25, 0.3) is 0 Å². The van der Waals surface area contributed by atoms with Gasteiger partial charge in [-0.1, -0.05) is 0 Å².